The number of hydrogen-bond donors (Lipinski definition) is 0. The third-order valence-electron chi connectivity index (χ3n) is 6.76. The summed E-state index contributed by atoms with van der Waals surface area (Å²) in [6.45, 7) is 9.64. The topological polar surface area (TPSA) is 124 Å². The summed E-state index contributed by atoms with van der Waals surface area (Å²) in [5.41, 5.74) is 3.06. The second kappa shape index (κ2) is 14.3. The normalized spacial score (nSPS) is 15.9. The molecule has 242 valence electrons. The lowest BCUT2D eigenvalue weighted by molar-refractivity contribution is -0.140. The first-order valence-electron chi connectivity index (χ1n) is 14.4. The Bertz CT molecular complexity index is 1940. The number of para-hydroxylation sites is 2. The molecule has 4 aromatic rings. The van der Waals surface area contributed by atoms with E-state index in [-0.39, 0.29) is 35.9 Å². The van der Waals surface area contributed by atoms with Crippen molar-refractivity contribution in [2.24, 2.45) is 0 Å². The molecular formula is C35H32O10P2. The molecule has 1 aliphatic heterocycles. The molecule has 5 rings (SSSR count). The smallest absolute Gasteiger partial charge is 0.460 e. The average molecular weight is 675 g/mol. The van der Waals surface area contributed by atoms with Crippen molar-refractivity contribution in [1.82, 2.24) is 0 Å². The van der Waals surface area contributed by atoms with E-state index < -0.39 is 33.5 Å². The molecule has 0 N–H and O–H groups in total. The lowest BCUT2D eigenvalue weighted by Crippen LogP contribution is -2.22. The Morgan fingerprint density at radius 2 is 1.36 bits per heavy atom. The zero-order valence-corrected chi connectivity index (χ0v) is 27.5. The maximum Gasteiger partial charge on any atom is 0.587 e. The molecule has 0 fully saturated rings. The summed E-state index contributed by atoms with van der Waals surface area (Å²) in [5.74, 6) is -0.480. The molecule has 4 aromatic carbocycles. The van der Waals surface area contributed by atoms with E-state index >= 15 is 0 Å². The van der Waals surface area contributed by atoms with Gasteiger partial charge < -0.3 is 23.0 Å². The molecule has 47 heavy (non-hydrogen) atoms. The van der Waals surface area contributed by atoms with Crippen LogP contribution in [0.2, 0.25) is 0 Å². The highest BCUT2D eigenvalue weighted by molar-refractivity contribution is 7.67. The molecule has 0 bridgehead atoms. The van der Waals surface area contributed by atoms with E-state index in [1.54, 1.807) is 72.8 Å². The minimum absolute atomic E-state index is 0.151. The second-order valence-electron chi connectivity index (χ2n) is 10.6. The van der Waals surface area contributed by atoms with Crippen LogP contribution in [-0.2, 0) is 32.7 Å². The fourth-order valence-electron chi connectivity index (χ4n) is 4.51. The average Bonchev–Trinajstić information content (AvgIpc) is 3.06. The van der Waals surface area contributed by atoms with Gasteiger partial charge in [0.05, 0.1) is 11.9 Å². The van der Waals surface area contributed by atoms with E-state index in [1.807, 2.05) is 24.3 Å². The minimum Gasteiger partial charge on any atom is -0.460 e. The fourth-order valence-corrected chi connectivity index (χ4v) is 7.65. The molecule has 0 aromatic heterocycles. The van der Waals surface area contributed by atoms with E-state index in [0.29, 0.717) is 27.7 Å². The lowest BCUT2D eigenvalue weighted by atomic mass is 9.99. The van der Waals surface area contributed by atoms with Gasteiger partial charge >= 0.3 is 27.1 Å². The van der Waals surface area contributed by atoms with Crippen molar-refractivity contribution in [3.05, 3.63) is 121 Å². The number of carbonyl (C=O) groups is 2. The fraction of sp³-hybridized carbons (Fsp3) is 0.143. The molecule has 0 saturated carbocycles. The van der Waals surface area contributed by atoms with Crippen molar-refractivity contribution in [2.45, 2.75) is 13.8 Å². The Balaban J connectivity index is 1.44. The van der Waals surface area contributed by atoms with Crippen LogP contribution in [-0.4, -0.2) is 31.5 Å². The number of rotatable bonds is 13. The molecule has 0 saturated heterocycles. The Morgan fingerprint density at radius 3 is 2.11 bits per heavy atom. The van der Waals surface area contributed by atoms with Gasteiger partial charge in [-0.2, -0.15) is 0 Å². The minimum atomic E-state index is -4.29. The third-order valence-corrected chi connectivity index (χ3v) is 10.2. The molecule has 2 unspecified atom stereocenters. The predicted octanol–water partition coefficient (Wildman–Crippen LogP) is 8.10. The quantitative estimate of drug-likeness (QED) is 0.0595. The van der Waals surface area contributed by atoms with Crippen molar-refractivity contribution in [3.63, 3.8) is 0 Å². The molecule has 12 heteroatoms. The first-order valence-corrected chi connectivity index (χ1v) is 17.7. The molecule has 1 heterocycles. The summed E-state index contributed by atoms with van der Waals surface area (Å²) in [4.78, 5) is 23.9. The van der Waals surface area contributed by atoms with Crippen LogP contribution in [0.15, 0.2) is 121 Å². The van der Waals surface area contributed by atoms with Crippen LogP contribution in [0.3, 0.4) is 0 Å². The Morgan fingerprint density at radius 1 is 0.723 bits per heavy atom. The highest BCUT2D eigenvalue weighted by Gasteiger charge is 2.38. The zero-order valence-electron chi connectivity index (χ0n) is 25.8. The summed E-state index contributed by atoms with van der Waals surface area (Å²) < 4.78 is 61.5. The van der Waals surface area contributed by atoms with Crippen molar-refractivity contribution in [1.29, 1.82) is 0 Å². The predicted molar refractivity (Wildman–Crippen MR) is 178 cm³/mol. The number of phosphoric acid groups is 1. The van der Waals surface area contributed by atoms with Crippen LogP contribution >= 0.6 is 15.2 Å². The number of benzene rings is 4. The van der Waals surface area contributed by atoms with Gasteiger partial charge in [-0.15, -0.1) is 0 Å². The summed E-state index contributed by atoms with van der Waals surface area (Å²) >= 11 is 0. The maximum absolute atomic E-state index is 14.3. The van der Waals surface area contributed by atoms with Crippen LogP contribution in [0.1, 0.15) is 13.8 Å². The first kappa shape index (κ1) is 33.5. The van der Waals surface area contributed by atoms with E-state index in [4.69, 9.17) is 27.6 Å². The molecule has 2 atom stereocenters. The van der Waals surface area contributed by atoms with Gasteiger partial charge in [-0.3, -0.25) is 9.09 Å². The number of ether oxygens (including phenoxy) is 2. The van der Waals surface area contributed by atoms with E-state index in [9.17, 15) is 18.7 Å². The van der Waals surface area contributed by atoms with Crippen LogP contribution in [0.25, 0.3) is 22.3 Å². The van der Waals surface area contributed by atoms with E-state index in [0.717, 1.165) is 5.56 Å². The van der Waals surface area contributed by atoms with E-state index in [2.05, 4.69) is 13.2 Å². The molecule has 1 aliphatic rings. The largest absolute Gasteiger partial charge is 0.587 e. The van der Waals surface area contributed by atoms with Gasteiger partial charge in [-0.1, -0.05) is 73.8 Å². The molecule has 10 nitrogen and oxygen atoms in total. The van der Waals surface area contributed by atoms with Crippen LogP contribution in [0.4, 0.5) is 0 Å². The zero-order chi connectivity index (χ0) is 33.6. The van der Waals surface area contributed by atoms with Crippen molar-refractivity contribution >= 4 is 32.4 Å². The first-order chi connectivity index (χ1) is 22.5. The summed E-state index contributed by atoms with van der Waals surface area (Å²) in [6.07, 6.45) is -0.480. The highest BCUT2D eigenvalue weighted by atomic mass is 31.2. The number of hydrogen-bond acceptors (Lipinski definition) is 10. The molecule has 0 radical (unpaired) electrons. The third kappa shape index (κ3) is 8.10. The maximum atomic E-state index is 14.3. The number of esters is 2. The van der Waals surface area contributed by atoms with Gasteiger partial charge in [0.15, 0.2) is 6.35 Å². The lowest BCUT2D eigenvalue weighted by Gasteiger charge is -2.29. The number of fused-ring (bicyclic) bond motifs is 3. The standard InChI is InChI=1S/C35H32O10P2/c1-24(2)34(36)40-19-20-42-47(39,43-28-12-6-5-7-13-28)44-29-14-10-11-26(21-29)27-17-18-31-30-15-8-9-16-32(30)45-46(38,33(31)22-27)23-41-35(37)25(3)4/h5-18,21-22H,1,3,19-20,23H2,2,4H3. The van der Waals surface area contributed by atoms with Crippen molar-refractivity contribution in [2.75, 3.05) is 19.6 Å². The highest BCUT2D eigenvalue weighted by Crippen LogP contribution is 2.55. The monoisotopic (exact) mass is 674 g/mol. The van der Waals surface area contributed by atoms with Gasteiger partial charge in [-0.05, 0) is 66.9 Å². The summed E-state index contributed by atoms with van der Waals surface area (Å²) in [7, 11) is -8.03. The van der Waals surface area contributed by atoms with Crippen molar-refractivity contribution in [3.8, 4) is 39.5 Å². The number of carbonyl (C=O) groups excluding carboxylic acids is 2. The Labute approximate surface area is 272 Å². The molecule has 0 aliphatic carbocycles. The molecular weight excluding hydrogens is 642 g/mol. The van der Waals surface area contributed by atoms with Crippen LogP contribution in [0, 0.1) is 0 Å². The van der Waals surface area contributed by atoms with Crippen molar-refractivity contribution < 1.29 is 46.3 Å². The van der Waals surface area contributed by atoms with Gasteiger partial charge in [0.25, 0.3) is 0 Å². The SMILES string of the molecule is C=C(C)C(=O)OCCOP(=O)(Oc1ccccc1)Oc1cccc(-c2ccc3c(c2)P(=O)(COC(=O)C(=C)C)Oc2ccccc2-3)c1. The van der Waals surface area contributed by atoms with Gasteiger partial charge in [0.1, 0.15) is 23.9 Å². The summed E-state index contributed by atoms with van der Waals surface area (Å²) in [5, 5.41) is 0.375. The van der Waals surface area contributed by atoms with Gasteiger partial charge in [-0.25, -0.2) is 14.2 Å². The number of phosphoric ester groups is 1. The Kier molecular flexibility index (Phi) is 10.2. The molecule has 0 amide bonds. The van der Waals surface area contributed by atoms with E-state index in [1.165, 1.54) is 13.8 Å². The van der Waals surface area contributed by atoms with Gasteiger partial charge in [0.2, 0.25) is 0 Å². The summed E-state index contributed by atoms with van der Waals surface area (Å²) in [6, 6.07) is 27.6. The Hall–Kier alpha value is -4.88. The van der Waals surface area contributed by atoms with Crippen LogP contribution in [0.5, 0.6) is 17.2 Å². The second-order valence-corrected chi connectivity index (χ2v) is 14.3. The molecule has 0 spiro atoms. The van der Waals surface area contributed by atoms with Crippen LogP contribution < -0.4 is 18.9 Å². The van der Waals surface area contributed by atoms with Gasteiger partial charge in [0, 0.05) is 16.7 Å².